The van der Waals surface area contributed by atoms with Crippen LogP contribution in [0.1, 0.15) is 11.9 Å². The molecule has 2 aromatic rings. The predicted octanol–water partition coefficient (Wildman–Crippen LogP) is 1.23. The van der Waals surface area contributed by atoms with Crippen LogP contribution in [0.4, 0.5) is 4.39 Å². The number of imidazole rings is 1. The lowest BCUT2D eigenvalue weighted by atomic mass is 10.2. The molecule has 1 unspecified atom stereocenters. The zero-order chi connectivity index (χ0) is 17.3. The van der Waals surface area contributed by atoms with Gasteiger partial charge in [-0.25, -0.2) is 17.8 Å². The molecule has 1 saturated heterocycles. The van der Waals surface area contributed by atoms with Gasteiger partial charge in [-0.15, -0.1) is 0 Å². The summed E-state index contributed by atoms with van der Waals surface area (Å²) in [6, 6.07) is 3.50. The second-order valence-corrected chi connectivity index (χ2v) is 7.57. The van der Waals surface area contributed by atoms with E-state index in [0.717, 1.165) is 6.07 Å². The molecule has 1 aromatic heterocycles. The first-order valence-electron chi connectivity index (χ1n) is 7.46. The van der Waals surface area contributed by atoms with Crippen molar-refractivity contribution < 1.29 is 17.5 Å². The van der Waals surface area contributed by atoms with Gasteiger partial charge in [0, 0.05) is 32.0 Å². The maximum atomic E-state index is 13.9. The molecule has 1 fully saturated rings. The second kappa shape index (κ2) is 6.50. The summed E-state index contributed by atoms with van der Waals surface area (Å²) in [5.41, 5.74) is 0. The number of ether oxygens (including phenoxy) is 1. The van der Waals surface area contributed by atoms with Gasteiger partial charge in [-0.05, 0) is 25.2 Å². The summed E-state index contributed by atoms with van der Waals surface area (Å²) in [7, 11) is -0.532. The summed E-state index contributed by atoms with van der Waals surface area (Å²) in [5, 5.41) is 0. The molecule has 7 nitrogen and oxygen atoms in total. The Morgan fingerprint density at radius 3 is 2.79 bits per heavy atom. The molecule has 3 rings (SSSR count). The monoisotopic (exact) mass is 354 g/mol. The minimum atomic E-state index is -3.79. The number of aromatic nitrogens is 2. The zero-order valence-electron chi connectivity index (χ0n) is 13.4. The minimum Gasteiger partial charge on any atom is -0.494 e. The Balaban J connectivity index is 1.88. The number of piperazine rings is 1. The van der Waals surface area contributed by atoms with Crippen LogP contribution in [-0.2, 0) is 10.0 Å². The molecule has 0 spiro atoms. The number of hydrogen-bond donors (Lipinski definition) is 1. The first kappa shape index (κ1) is 16.9. The van der Waals surface area contributed by atoms with Crippen LogP contribution < -0.4 is 4.74 Å². The quantitative estimate of drug-likeness (QED) is 0.894. The van der Waals surface area contributed by atoms with E-state index in [1.807, 2.05) is 11.9 Å². The first-order chi connectivity index (χ1) is 11.4. The Kier molecular flexibility index (Phi) is 4.57. The van der Waals surface area contributed by atoms with Crippen LogP contribution in [0, 0.1) is 5.82 Å². The van der Waals surface area contributed by atoms with Crippen molar-refractivity contribution in [1.29, 1.82) is 0 Å². The molecule has 130 valence electrons. The van der Waals surface area contributed by atoms with Crippen molar-refractivity contribution in [3.05, 3.63) is 42.2 Å². The molecule has 0 saturated carbocycles. The molecule has 1 atom stereocenters. The minimum absolute atomic E-state index is 0.0146. The number of methoxy groups -OCH3 is 1. The number of hydrogen-bond acceptors (Lipinski definition) is 5. The molecule has 0 aliphatic carbocycles. The topological polar surface area (TPSA) is 78.5 Å². The van der Waals surface area contributed by atoms with Crippen molar-refractivity contribution in [2.24, 2.45) is 0 Å². The van der Waals surface area contributed by atoms with E-state index >= 15 is 0 Å². The summed E-state index contributed by atoms with van der Waals surface area (Å²) >= 11 is 0. The fraction of sp³-hybridized carbons (Fsp3) is 0.400. The van der Waals surface area contributed by atoms with Crippen LogP contribution in [0.3, 0.4) is 0 Å². The zero-order valence-corrected chi connectivity index (χ0v) is 14.3. The van der Waals surface area contributed by atoms with Gasteiger partial charge in [0.15, 0.2) is 11.6 Å². The van der Waals surface area contributed by atoms with Gasteiger partial charge >= 0.3 is 0 Å². The molecular formula is C15H19FN4O3S. The van der Waals surface area contributed by atoms with Crippen molar-refractivity contribution in [3.8, 4) is 5.75 Å². The normalized spacial score (nSPS) is 20.2. The van der Waals surface area contributed by atoms with E-state index in [4.69, 9.17) is 4.74 Å². The van der Waals surface area contributed by atoms with Crippen LogP contribution >= 0.6 is 0 Å². The predicted molar refractivity (Wildman–Crippen MR) is 85.7 cm³/mol. The molecule has 1 aliphatic rings. The molecule has 24 heavy (non-hydrogen) atoms. The molecule has 2 heterocycles. The third kappa shape index (κ3) is 3.02. The smallest absolute Gasteiger partial charge is 0.243 e. The second-order valence-electron chi connectivity index (χ2n) is 5.63. The van der Waals surface area contributed by atoms with E-state index in [-0.39, 0.29) is 23.2 Å². The van der Waals surface area contributed by atoms with Gasteiger partial charge < -0.3 is 9.72 Å². The maximum Gasteiger partial charge on any atom is 0.243 e. The van der Waals surface area contributed by atoms with E-state index in [1.54, 1.807) is 12.4 Å². The Hall–Kier alpha value is -1.97. The van der Waals surface area contributed by atoms with Gasteiger partial charge in [0.2, 0.25) is 10.0 Å². The highest BCUT2D eigenvalue weighted by Crippen LogP contribution is 2.28. The van der Waals surface area contributed by atoms with Crippen LogP contribution in [-0.4, -0.2) is 61.4 Å². The molecule has 0 amide bonds. The van der Waals surface area contributed by atoms with Gasteiger partial charge in [0.05, 0.1) is 18.0 Å². The first-order valence-corrected chi connectivity index (χ1v) is 8.90. The fourth-order valence-corrected chi connectivity index (χ4v) is 4.23. The van der Waals surface area contributed by atoms with Crippen molar-refractivity contribution >= 4 is 10.0 Å². The lowest BCUT2D eigenvalue weighted by Gasteiger charge is -2.37. The molecule has 1 aromatic carbocycles. The summed E-state index contributed by atoms with van der Waals surface area (Å²) in [4.78, 5) is 9.20. The van der Waals surface area contributed by atoms with E-state index < -0.39 is 15.8 Å². The van der Waals surface area contributed by atoms with Gasteiger partial charge in [-0.1, -0.05) is 0 Å². The van der Waals surface area contributed by atoms with Gasteiger partial charge in [-0.2, -0.15) is 4.31 Å². The third-order valence-corrected chi connectivity index (χ3v) is 6.07. The largest absolute Gasteiger partial charge is 0.494 e. The van der Waals surface area contributed by atoms with E-state index in [0.29, 0.717) is 18.9 Å². The highest BCUT2D eigenvalue weighted by atomic mass is 32.2. The average Bonchev–Trinajstić information content (AvgIpc) is 3.09. The van der Waals surface area contributed by atoms with Crippen LogP contribution in [0.5, 0.6) is 5.75 Å². The van der Waals surface area contributed by atoms with Crippen LogP contribution in [0.15, 0.2) is 35.5 Å². The summed E-state index contributed by atoms with van der Waals surface area (Å²) in [6.45, 7) is 1.15. The number of nitrogens with zero attached hydrogens (tertiary/aromatic N) is 3. The highest BCUT2D eigenvalue weighted by Gasteiger charge is 2.34. The van der Waals surface area contributed by atoms with Crippen LogP contribution in [0.25, 0.3) is 0 Å². The molecule has 1 N–H and O–H groups in total. The Labute approximate surface area is 140 Å². The van der Waals surface area contributed by atoms with Gasteiger partial charge in [-0.3, -0.25) is 4.90 Å². The Morgan fingerprint density at radius 1 is 1.38 bits per heavy atom. The van der Waals surface area contributed by atoms with Gasteiger partial charge in [0.25, 0.3) is 0 Å². The number of halogens is 1. The maximum absolute atomic E-state index is 13.9. The molecule has 0 radical (unpaired) electrons. The third-order valence-electron chi connectivity index (χ3n) is 4.21. The number of sulfonamides is 1. The number of H-pyrrole nitrogens is 1. The number of aromatic amines is 1. The number of likely N-dealkylation sites (N-methyl/N-ethyl adjacent to an activating group) is 1. The van der Waals surface area contributed by atoms with Crippen molar-refractivity contribution in [1.82, 2.24) is 19.2 Å². The van der Waals surface area contributed by atoms with Crippen LogP contribution in [0.2, 0.25) is 0 Å². The van der Waals surface area contributed by atoms with E-state index in [9.17, 15) is 12.8 Å². The van der Waals surface area contributed by atoms with Crippen molar-refractivity contribution in [2.45, 2.75) is 10.9 Å². The lowest BCUT2D eigenvalue weighted by molar-refractivity contribution is 0.142. The Bertz CT molecular complexity index is 810. The van der Waals surface area contributed by atoms with Crippen molar-refractivity contribution in [3.63, 3.8) is 0 Å². The molecule has 1 aliphatic heterocycles. The summed E-state index contributed by atoms with van der Waals surface area (Å²) in [5.74, 6) is 0.0226. The molecule has 0 bridgehead atoms. The van der Waals surface area contributed by atoms with E-state index in [1.165, 1.54) is 23.5 Å². The van der Waals surface area contributed by atoms with E-state index in [2.05, 4.69) is 9.97 Å². The number of benzene rings is 1. The highest BCUT2D eigenvalue weighted by molar-refractivity contribution is 7.89. The molecular weight excluding hydrogens is 335 g/mol. The number of rotatable bonds is 4. The van der Waals surface area contributed by atoms with Gasteiger partial charge in [0.1, 0.15) is 5.82 Å². The average molecular weight is 354 g/mol. The Morgan fingerprint density at radius 2 is 2.17 bits per heavy atom. The summed E-state index contributed by atoms with van der Waals surface area (Å²) < 4.78 is 45.7. The number of nitrogens with one attached hydrogen (secondary N) is 1. The standard InChI is InChI=1S/C15H19FN4O3S/c1-19-7-8-20(10-13(19)15-17-5-6-18-15)24(21,22)11-3-4-14(23-2)12(16)9-11/h3-6,9,13H,7-8,10H2,1-2H3,(H,17,18). The lowest BCUT2D eigenvalue weighted by Crippen LogP contribution is -2.49. The SMILES string of the molecule is COc1ccc(S(=O)(=O)N2CCN(C)C(c3ncc[nH]3)C2)cc1F. The fourth-order valence-electron chi connectivity index (χ4n) is 2.78. The summed E-state index contributed by atoms with van der Waals surface area (Å²) in [6.07, 6.45) is 3.34. The van der Waals surface area contributed by atoms with Crippen molar-refractivity contribution in [2.75, 3.05) is 33.8 Å². The molecule has 9 heteroatoms.